The Bertz CT molecular complexity index is 1300. The van der Waals surface area contributed by atoms with E-state index in [9.17, 15) is 9.18 Å². The first-order valence-corrected chi connectivity index (χ1v) is 11.2. The molecule has 1 aliphatic rings. The number of carbonyl (C=O) groups excluding carboxylic acids is 1. The number of hydrogen-bond acceptors (Lipinski definition) is 7. The van der Waals surface area contributed by atoms with Crippen molar-refractivity contribution in [3.8, 4) is 11.4 Å². The minimum Gasteiger partial charge on any atom is -0.494 e. The molecule has 1 fully saturated rings. The van der Waals surface area contributed by atoms with Crippen molar-refractivity contribution >= 4 is 22.9 Å². The van der Waals surface area contributed by atoms with E-state index in [4.69, 9.17) is 4.74 Å². The van der Waals surface area contributed by atoms with Crippen molar-refractivity contribution in [3.05, 3.63) is 66.2 Å². The number of piperazine rings is 1. The van der Waals surface area contributed by atoms with Crippen LogP contribution in [0.3, 0.4) is 0 Å². The minimum atomic E-state index is -0.360. The molecule has 1 amide bonds. The number of ether oxygens (including phenoxy) is 1. The van der Waals surface area contributed by atoms with Crippen LogP contribution in [-0.4, -0.2) is 68.6 Å². The monoisotopic (exact) mass is 461 g/mol. The van der Waals surface area contributed by atoms with Gasteiger partial charge in [-0.25, -0.2) is 14.4 Å². The van der Waals surface area contributed by atoms with Crippen LogP contribution >= 0.6 is 0 Å². The molecule has 0 unspecified atom stereocenters. The number of rotatable bonds is 6. The maximum atomic E-state index is 13.7. The molecule has 2 aromatic heterocycles. The molecule has 2 aromatic carbocycles. The van der Waals surface area contributed by atoms with E-state index in [1.165, 1.54) is 23.1 Å². The average molecular weight is 462 g/mol. The first-order chi connectivity index (χ1) is 16.6. The Morgan fingerprint density at radius 3 is 2.59 bits per heavy atom. The van der Waals surface area contributed by atoms with Crippen LogP contribution in [0.1, 0.15) is 12.5 Å². The van der Waals surface area contributed by atoms with Crippen molar-refractivity contribution in [2.75, 3.05) is 37.7 Å². The highest BCUT2D eigenvalue weighted by Gasteiger charge is 2.25. The Hall–Kier alpha value is -4.08. The van der Waals surface area contributed by atoms with Gasteiger partial charge in [-0.3, -0.25) is 4.79 Å². The van der Waals surface area contributed by atoms with Gasteiger partial charge in [-0.2, -0.15) is 4.68 Å². The van der Waals surface area contributed by atoms with Crippen molar-refractivity contribution in [1.82, 2.24) is 29.9 Å². The van der Waals surface area contributed by atoms with Gasteiger partial charge in [0.1, 0.15) is 17.9 Å². The molecular formula is C24H24FN7O2. The Balaban J connectivity index is 1.26. The molecule has 5 rings (SSSR count). The zero-order chi connectivity index (χ0) is 23.5. The summed E-state index contributed by atoms with van der Waals surface area (Å²) in [5.74, 6) is 1.19. The summed E-state index contributed by atoms with van der Waals surface area (Å²) in [6.45, 7) is 4.96. The van der Waals surface area contributed by atoms with E-state index < -0.39 is 0 Å². The smallest absolute Gasteiger partial charge is 0.227 e. The molecule has 0 bridgehead atoms. The molecule has 0 N–H and O–H groups in total. The number of aromatic nitrogens is 5. The number of carbonyl (C=O) groups is 1. The Morgan fingerprint density at radius 2 is 1.85 bits per heavy atom. The average Bonchev–Trinajstić information content (AvgIpc) is 3.30. The Kier molecular flexibility index (Phi) is 6.03. The maximum absolute atomic E-state index is 13.7. The Labute approximate surface area is 195 Å². The number of halogens is 1. The van der Waals surface area contributed by atoms with E-state index in [0.717, 1.165) is 11.3 Å². The quantitative estimate of drug-likeness (QED) is 0.436. The zero-order valence-electron chi connectivity index (χ0n) is 18.8. The highest BCUT2D eigenvalue weighted by molar-refractivity contribution is 5.84. The molecule has 174 valence electrons. The largest absolute Gasteiger partial charge is 0.494 e. The fraction of sp³-hybridized carbons (Fsp3) is 0.292. The van der Waals surface area contributed by atoms with Gasteiger partial charge in [0.25, 0.3) is 0 Å². The summed E-state index contributed by atoms with van der Waals surface area (Å²) in [6, 6.07) is 13.8. The van der Waals surface area contributed by atoms with Gasteiger partial charge < -0.3 is 14.5 Å². The second-order valence-electron chi connectivity index (χ2n) is 7.97. The topological polar surface area (TPSA) is 89.3 Å². The van der Waals surface area contributed by atoms with Crippen LogP contribution < -0.4 is 9.64 Å². The molecule has 3 heterocycles. The summed E-state index contributed by atoms with van der Waals surface area (Å²) in [6.07, 6.45) is 1.81. The number of anilines is 1. The maximum Gasteiger partial charge on any atom is 0.227 e. The SMILES string of the molecule is CCOc1ccc(CC(=O)N2CCN(c3ncnc4c3nnn4-c3cccc(F)c3)CC2)cc1. The lowest BCUT2D eigenvalue weighted by molar-refractivity contribution is -0.130. The predicted octanol–water partition coefficient (Wildman–Crippen LogP) is 2.64. The van der Waals surface area contributed by atoms with Gasteiger partial charge in [0.05, 0.1) is 18.7 Å². The van der Waals surface area contributed by atoms with Gasteiger partial charge in [-0.05, 0) is 42.8 Å². The second-order valence-corrected chi connectivity index (χ2v) is 7.97. The third-order valence-electron chi connectivity index (χ3n) is 5.79. The van der Waals surface area contributed by atoms with Crippen LogP contribution in [0.15, 0.2) is 54.9 Å². The van der Waals surface area contributed by atoms with Crippen LogP contribution in [0.5, 0.6) is 5.75 Å². The molecule has 0 saturated carbocycles. The van der Waals surface area contributed by atoms with Gasteiger partial charge in [-0.15, -0.1) is 5.10 Å². The summed E-state index contributed by atoms with van der Waals surface area (Å²) >= 11 is 0. The number of hydrogen-bond donors (Lipinski definition) is 0. The first-order valence-electron chi connectivity index (χ1n) is 11.2. The summed E-state index contributed by atoms with van der Waals surface area (Å²) < 4.78 is 20.6. The highest BCUT2D eigenvalue weighted by Crippen LogP contribution is 2.24. The van der Waals surface area contributed by atoms with E-state index in [1.54, 1.807) is 12.1 Å². The predicted molar refractivity (Wildman–Crippen MR) is 125 cm³/mol. The summed E-state index contributed by atoms with van der Waals surface area (Å²) in [5, 5.41) is 8.43. The number of nitrogens with zero attached hydrogens (tertiary/aromatic N) is 7. The van der Waals surface area contributed by atoms with Gasteiger partial charge in [0.15, 0.2) is 17.0 Å². The minimum absolute atomic E-state index is 0.0914. The number of fused-ring (bicyclic) bond motifs is 1. The summed E-state index contributed by atoms with van der Waals surface area (Å²) in [5.41, 5.74) is 2.55. The van der Waals surface area contributed by atoms with Crippen LogP contribution in [0.2, 0.25) is 0 Å². The third kappa shape index (κ3) is 4.39. The van der Waals surface area contributed by atoms with Gasteiger partial charge in [0, 0.05) is 26.2 Å². The molecule has 9 nitrogen and oxygen atoms in total. The van der Waals surface area contributed by atoms with E-state index in [1.807, 2.05) is 36.1 Å². The highest BCUT2D eigenvalue weighted by atomic mass is 19.1. The van der Waals surface area contributed by atoms with Crippen LogP contribution in [0.4, 0.5) is 10.2 Å². The fourth-order valence-electron chi connectivity index (χ4n) is 4.07. The van der Waals surface area contributed by atoms with Crippen LogP contribution in [-0.2, 0) is 11.2 Å². The van der Waals surface area contributed by atoms with E-state index in [0.29, 0.717) is 61.9 Å². The summed E-state index contributed by atoms with van der Waals surface area (Å²) in [7, 11) is 0. The van der Waals surface area contributed by atoms with Crippen molar-refractivity contribution in [1.29, 1.82) is 0 Å². The fourth-order valence-corrected chi connectivity index (χ4v) is 4.07. The molecule has 4 aromatic rings. The standard InChI is InChI=1S/C24H24FN7O2/c1-2-34-20-8-6-17(7-9-20)14-21(33)30-10-12-31(13-11-30)23-22-24(27-16-26-23)32(29-28-22)19-5-3-4-18(25)15-19/h3-9,15-16H,2,10-14H2,1H3. The first kappa shape index (κ1) is 21.7. The van der Waals surface area contributed by atoms with Gasteiger partial charge in [-0.1, -0.05) is 23.4 Å². The molecule has 0 atom stereocenters. The van der Waals surface area contributed by atoms with Gasteiger partial charge >= 0.3 is 0 Å². The molecule has 1 saturated heterocycles. The lowest BCUT2D eigenvalue weighted by Crippen LogP contribution is -2.49. The number of benzene rings is 2. The van der Waals surface area contributed by atoms with Gasteiger partial charge in [0.2, 0.25) is 5.91 Å². The van der Waals surface area contributed by atoms with Crippen LogP contribution in [0.25, 0.3) is 16.9 Å². The van der Waals surface area contributed by atoms with Crippen LogP contribution in [0, 0.1) is 5.82 Å². The lowest BCUT2D eigenvalue weighted by Gasteiger charge is -2.35. The lowest BCUT2D eigenvalue weighted by atomic mass is 10.1. The van der Waals surface area contributed by atoms with E-state index >= 15 is 0 Å². The zero-order valence-corrected chi connectivity index (χ0v) is 18.8. The molecule has 10 heteroatoms. The van der Waals surface area contributed by atoms with E-state index in [2.05, 4.69) is 25.2 Å². The Morgan fingerprint density at radius 1 is 1.06 bits per heavy atom. The van der Waals surface area contributed by atoms with E-state index in [-0.39, 0.29) is 11.7 Å². The van der Waals surface area contributed by atoms with Crippen molar-refractivity contribution < 1.29 is 13.9 Å². The third-order valence-corrected chi connectivity index (χ3v) is 5.79. The van der Waals surface area contributed by atoms with Crippen molar-refractivity contribution in [3.63, 3.8) is 0 Å². The summed E-state index contributed by atoms with van der Waals surface area (Å²) in [4.78, 5) is 25.5. The normalized spacial score (nSPS) is 13.9. The van der Waals surface area contributed by atoms with Crippen molar-refractivity contribution in [2.45, 2.75) is 13.3 Å². The molecule has 0 radical (unpaired) electrons. The molecule has 0 aliphatic carbocycles. The molecule has 0 spiro atoms. The number of amides is 1. The second kappa shape index (κ2) is 9.42. The molecular weight excluding hydrogens is 437 g/mol. The molecule has 34 heavy (non-hydrogen) atoms. The molecule has 1 aliphatic heterocycles. The van der Waals surface area contributed by atoms with Crippen molar-refractivity contribution in [2.24, 2.45) is 0 Å².